The summed E-state index contributed by atoms with van der Waals surface area (Å²) in [5.74, 6) is -0.809. The third-order valence-electron chi connectivity index (χ3n) is 2.56. The SMILES string of the molecule is ON=Cc1cc(-c2ncnc(C(F)F)c2Cl)c(F)cc1Cl. The van der Waals surface area contributed by atoms with E-state index in [0.717, 1.165) is 18.6 Å². The van der Waals surface area contributed by atoms with Gasteiger partial charge in [0.25, 0.3) is 6.43 Å². The van der Waals surface area contributed by atoms with E-state index in [1.54, 1.807) is 0 Å². The van der Waals surface area contributed by atoms with E-state index in [1.165, 1.54) is 6.07 Å². The van der Waals surface area contributed by atoms with Crippen LogP contribution in [0.3, 0.4) is 0 Å². The fraction of sp³-hybridized carbons (Fsp3) is 0.0833. The number of aromatic nitrogens is 2. The van der Waals surface area contributed by atoms with Crippen LogP contribution in [0.2, 0.25) is 10.0 Å². The van der Waals surface area contributed by atoms with Crippen molar-refractivity contribution in [1.82, 2.24) is 9.97 Å². The van der Waals surface area contributed by atoms with Gasteiger partial charge in [-0.1, -0.05) is 28.4 Å². The Morgan fingerprint density at radius 2 is 1.95 bits per heavy atom. The summed E-state index contributed by atoms with van der Waals surface area (Å²) in [5.41, 5.74) is -0.899. The molecule has 1 heterocycles. The monoisotopic (exact) mass is 335 g/mol. The summed E-state index contributed by atoms with van der Waals surface area (Å²) >= 11 is 11.6. The van der Waals surface area contributed by atoms with Crippen molar-refractivity contribution in [1.29, 1.82) is 0 Å². The van der Waals surface area contributed by atoms with Crippen LogP contribution in [0.1, 0.15) is 17.7 Å². The van der Waals surface area contributed by atoms with E-state index >= 15 is 0 Å². The topological polar surface area (TPSA) is 58.4 Å². The highest BCUT2D eigenvalue weighted by molar-refractivity contribution is 6.34. The molecule has 110 valence electrons. The molecule has 0 saturated heterocycles. The number of alkyl halides is 2. The van der Waals surface area contributed by atoms with Crippen LogP contribution in [0.15, 0.2) is 23.6 Å². The van der Waals surface area contributed by atoms with Gasteiger partial charge in [0.2, 0.25) is 0 Å². The number of halogens is 5. The van der Waals surface area contributed by atoms with E-state index in [4.69, 9.17) is 28.4 Å². The number of hydrogen-bond acceptors (Lipinski definition) is 4. The number of hydrogen-bond donors (Lipinski definition) is 1. The molecule has 1 N–H and O–H groups in total. The summed E-state index contributed by atoms with van der Waals surface area (Å²) in [4.78, 5) is 7.08. The fourth-order valence-electron chi connectivity index (χ4n) is 1.63. The molecule has 1 aromatic carbocycles. The molecular weight excluding hydrogens is 330 g/mol. The van der Waals surface area contributed by atoms with Crippen LogP contribution in [0.25, 0.3) is 11.3 Å². The molecule has 0 aliphatic carbocycles. The van der Waals surface area contributed by atoms with E-state index < -0.39 is 23.0 Å². The van der Waals surface area contributed by atoms with Crippen molar-refractivity contribution >= 4 is 29.4 Å². The highest BCUT2D eigenvalue weighted by Gasteiger charge is 2.21. The van der Waals surface area contributed by atoms with Gasteiger partial charge in [-0.25, -0.2) is 23.1 Å². The summed E-state index contributed by atoms with van der Waals surface area (Å²) in [6.45, 7) is 0. The van der Waals surface area contributed by atoms with Crippen LogP contribution in [0, 0.1) is 5.82 Å². The highest BCUT2D eigenvalue weighted by Crippen LogP contribution is 2.35. The second-order valence-corrected chi connectivity index (χ2v) is 4.61. The number of oxime groups is 1. The van der Waals surface area contributed by atoms with Gasteiger partial charge in [-0.15, -0.1) is 0 Å². The Bertz CT molecular complexity index is 710. The molecule has 0 radical (unpaired) electrons. The molecule has 0 amide bonds. The smallest absolute Gasteiger partial charge is 0.281 e. The Hall–Kier alpha value is -1.86. The van der Waals surface area contributed by atoms with Crippen LogP contribution in [-0.2, 0) is 0 Å². The van der Waals surface area contributed by atoms with Gasteiger partial charge in [0.15, 0.2) is 0 Å². The molecule has 0 spiro atoms. The van der Waals surface area contributed by atoms with Gasteiger partial charge in [-0.2, -0.15) is 0 Å². The predicted octanol–water partition coefficient (Wildman–Crippen LogP) is 4.34. The Labute approximate surface area is 126 Å². The van der Waals surface area contributed by atoms with Crippen molar-refractivity contribution in [2.24, 2.45) is 5.16 Å². The minimum absolute atomic E-state index is 0.0201. The van der Waals surface area contributed by atoms with Gasteiger partial charge in [0.05, 0.1) is 22.0 Å². The first-order valence-corrected chi connectivity index (χ1v) is 6.16. The van der Waals surface area contributed by atoms with Gasteiger partial charge in [0, 0.05) is 11.1 Å². The first kappa shape index (κ1) is 15.5. The molecule has 0 fully saturated rings. The van der Waals surface area contributed by atoms with Crippen LogP contribution < -0.4 is 0 Å². The molecule has 9 heteroatoms. The summed E-state index contributed by atoms with van der Waals surface area (Å²) in [6, 6.07) is 2.12. The molecule has 4 nitrogen and oxygen atoms in total. The van der Waals surface area contributed by atoms with Crippen LogP contribution in [0.4, 0.5) is 13.2 Å². The highest BCUT2D eigenvalue weighted by atomic mass is 35.5. The lowest BCUT2D eigenvalue weighted by Crippen LogP contribution is -1.99. The average Bonchev–Trinajstić information content (AvgIpc) is 2.42. The van der Waals surface area contributed by atoms with Crippen molar-refractivity contribution in [2.45, 2.75) is 6.43 Å². The lowest BCUT2D eigenvalue weighted by molar-refractivity contribution is 0.146. The molecule has 1 aromatic heterocycles. The molecule has 0 unspecified atom stereocenters. The fourth-order valence-corrected chi connectivity index (χ4v) is 2.11. The normalized spacial score (nSPS) is 11.5. The first-order chi connectivity index (χ1) is 9.95. The number of benzene rings is 1. The molecule has 0 bridgehead atoms. The molecule has 0 aliphatic heterocycles. The van der Waals surface area contributed by atoms with Crippen molar-refractivity contribution in [3.8, 4) is 11.3 Å². The molecule has 0 atom stereocenters. The molecule has 21 heavy (non-hydrogen) atoms. The van der Waals surface area contributed by atoms with E-state index in [-0.39, 0.29) is 21.8 Å². The third-order valence-corrected chi connectivity index (χ3v) is 3.26. The molecular formula is C12H6Cl2F3N3O. The quantitative estimate of drug-likeness (QED) is 0.515. The molecule has 0 aliphatic rings. The predicted molar refractivity (Wildman–Crippen MR) is 71.8 cm³/mol. The minimum Gasteiger partial charge on any atom is -0.411 e. The van der Waals surface area contributed by atoms with Crippen LogP contribution >= 0.6 is 23.2 Å². The van der Waals surface area contributed by atoms with Crippen LogP contribution in [0.5, 0.6) is 0 Å². The van der Waals surface area contributed by atoms with Crippen LogP contribution in [-0.4, -0.2) is 21.4 Å². The van der Waals surface area contributed by atoms with E-state index in [9.17, 15) is 13.2 Å². The van der Waals surface area contributed by atoms with Crippen molar-refractivity contribution < 1.29 is 18.4 Å². The van der Waals surface area contributed by atoms with Crippen molar-refractivity contribution in [3.63, 3.8) is 0 Å². The number of rotatable bonds is 3. The van der Waals surface area contributed by atoms with E-state index in [2.05, 4.69) is 15.1 Å². The maximum absolute atomic E-state index is 14.0. The van der Waals surface area contributed by atoms with E-state index in [1.807, 2.05) is 0 Å². The van der Waals surface area contributed by atoms with Gasteiger partial charge in [0.1, 0.15) is 17.8 Å². The number of nitrogens with zero attached hydrogens (tertiary/aromatic N) is 3. The molecule has 2 rings (SSSR count). The van der Waals surface area contributed by atoms with E-state index in [0.29, 0.717) is 0 Å². The lowest BCUT2D eigenvalue weighted by Gasteiger charge is -2.09. The standard InChI is InChI=1S/C12H6Cl2F3N3O/c13-7-2-8(15)6(1-5(7)3-20-21)10-9(14)11(12(16)17)19-4-18-10/h1-4,12,21H. The Morgan fingerprint density at radius 3 is 2.57 bits per heavy atom. The van der Waals surface area contributed by atoms with Crippen molar-refractivity contribution in [3.05, 3.63) is 45.6 Å². The zero-order valence-corrected chi connectivity index (χ0v) is 11.6. The first-order valence-electron chi connectivity index (χ1n) is 5.41. The zero-order valence-electron chi connectivity index (χ0n) is 10.1. The Balaban J connectivity index is 2.67. The van der Waals surface area contributed by atoms with Gasteiger partial charge in [-0.3, -0.25) is 0 Å². The van der Waals surface area contributed by atoms with Gasteiger partial charge in [-0.05, 0) is 12.1 Å². The third kappa shape index (κ3) is 3.08. The maximum atomic E-state index is 14.0. The second-order valence-electron chi connectivity index (χ2n) is 3.82. The van der Waals surface area contributed by atoms with Crippen molar-refractivity contribution in [2.75, 3.05) is 0 Å². The summed E-state index contributed by atoms with van der Waals surface area (Å²) in [6.07, 6.45) is -1.10. The Morgan fingerprint density at radius 1 is 1.24 bits per heavy atom. The maximum Gasteiger partial charge on any atom is 0.281 e. The van der Waals surface area contributed by atoms with Gasteiger partial charge >= 0.3 is 0 Å². The Kier molecular flexibility index (Phi) is 4.64. The molecule has 0 saturated carbocycles. The summed E-state index contributed by atoms with van der Waals surface area (Å²) in [5, 5.41) is 10.8. The summed E-state index contributed by atoms with van der Waals surface area (Å²) < 4.78 is 39.5. The summed E-state index contributed by atoms with van der Waals surface area (Å²) in [7, 11) is 0. The second kappa shape index (κ2) is 6.28. The largest absolute Gasteiger partial charge is 0.411 e. The average molecular weight is 336 g/mol. The lowest BCUT2D eigenvalue weighted by atomic mass is 10.1. The zero-order chi connectivity index (χ0) is 15.6. The minimum atomic E-state index is -2.92. The molecule has 2 aromatic rings. The van der Waals surface area contributed by atoms with Gasteiger partial charge < -0.3 is 5.21 Å².